The van der Waals surface area contributed by atoms with Crippen molar-refractivity contribution in [1.29, 1.82) is 0 Å². The molecule has 0 bridgehead atoms. The maximum absolute atomic E-state index is 4.59. The zero-order chi connectivity index (χ0) is 24.8. The van der Waals surface area contributed by atoms with Gasteiger partial charge in [-0.05, 0) is 108 Å². The molecule has 33 heavy (non-hydrogen) atoms. The van der Waals surface area contributed by atoms with Gasteiger partial charge in [-0.15, -0.1) is 0 Å². The van der Waals surface area contributed by atoms with E-state index in [0.29, 0.717) is 11.8 Å². The average Bonchev–Trinajstić information content (AvgIpc) is 2.71. The smallest absolute Gasteiger partial charge is 0.0134 e. The van der Waals surface area contributed by atoms with Gasteiger partial charge in [-0.1, -0.05) is 86.1 Å². The van der Waals surface area contributed by atoms with Crippen molar-refractivity contribution in [2.75, 3.05) is 13.6 Å². The predicted octanol–water partition coefficient (Wildman–Crippen LogP) is 9.05. The third kappa shape index (κ3) is 7.06. The zero-order valence-electron chi connectivity index (χ0n) is 22.8. The first-order chi connectivity index (χ1) is 15.5. The van der Waals surface area contributed by atoms with Crippen LogP contribution in [0, 0.1) is 17.3 Å². The Morgan fingerprint density at radius 2 is 1.79 bits per heavy atom. The van der Waals surface area contributed by atoms with E-state index in [9.17, 15) is 0 Å². The third-order valence-electron chi connectivity index (χ3n) is 7.69. The van der Waals surface area contributed by atoms with Crippen LogP contribution in [0.1, 0.15) is 87.0 Å². The van der Waals surface area contributed by atoms with Crippen molar-refractivity contribution in [3.05, 3.63) is 82.0 Å². The first kappa shape index (κ1) is 27.4. The van der Waals surface area contributed by atoms with Crippen LogP contribution in [-0.4, -0.2) is 13.6 Å². The number of unbranched alkanes of at least 4 members (excludes halogenated alkanes) is 1. The van der Waals surface area contributed by atoms with Gasteiger partial charge < -0.3 is 5.32 Å². The molecule has 182 valence electrons. The molecule has 0 radical (unpaired) electrons. The molecule has 0 saturated heterocycles. The maximum Gasteiger partial charge on any atom is 0.0134 e. The van der Waals surface area contributed by atoms with Gasteiger partial charge in [0.25, 0.3) is 0 Å². The Kier molecular flexibility index (Phi) is 9.98. The molecule has 1 N–H and O–H groups in total. The Morgan fingerprint density at radius 1 is 1.09 bits per heavy atom. The second-order valence-electron chi connectivity index (χ2n) is 11.2. The summed E-state index contributed by atoms with van der Waals surface area (Å²) in [6.07, 6.45) is 16.2. The third-order valence-corrected chi connectivity index (χ3v) is 7.69. The topological polar surface area (TPSA) is 12.0 Å². The Hall–Kier alpha value is -1.86. The number of rotatable bonds is 11. The van der Waals surface area contributed by atoms with E-state index < -0.39 is 0 Å². The Balaban J connectivity index is 2.20. The first-order valence-corrected chi connectivity index (χ1v) is 12.9. The van der Waals surface area contributed by atoms with E-state index in [2.05, 4.69) is 91.2 Å². The van der Waals surface area contributed by atoms with Crippen LogP contribution in [0.15, 0.2) is 82.0 Å². The van der Waals surface area contributed by atoms with Gasteiger partial charge in [0.15, 0.2) is 0 Å². The Labute approximate surface area is 205 Å². The summed E-state index contributed by atoms with van der Waals surface area (Å²) in [5.41, 5.74) is 11.6. The van der Waals surface area contributed by atoms with Crippen molar-refractivity contribution < 1.29 is 0 Å². The highest BCUT2D eigenvalue weighted by Gasteiger charge is 2.35. The average molecular weight is 448 g/mol. The fourth-order valence-corrected chi connectivity index (χ4v) is 5.83. The van der Waals surface area contributed by atoms with Gasteiger partial charge in [0.05, 0.1) is 0 Å². The summed E-state index contributed by atoms with van der Waals surface area (Å²) in [6, 6.07) is 0. The standard InChI is InChI=1S/C32H49N/c1-22(2)28(23(3)14-11-12-19-33-10)17-16-24(4)29-21-30(27(7)20-26(29)6)31-25(5)15-13-18-32(31,8)9/h13,15,18,21,26,31,33H,1,4,11-12,14,16-17,19-20H2,2-3,5-10H3/b28-23-/t26-,31-/m0/s1. The minimum Gasteiger partial charge on any atom is -0.320 e. The lowest BCUT2D eigenvalue weighted by Crippen LogP contribution is -2.28. The van der Waals surface area contributed by atoms with Crippen LogP contribution < -0.4 is 5.32 Å². The summed E-state index contributed by atoms with van der Waals surface area (Å²) in [5, 5.41) is 3.25. The van der Waals surface area contributed by atoms with Gasteiger partial charge in [0, 0.05) is 5.92 Å². The van der Waals surface area contributed by atoms with E-state index in [0.717, 1.165) is 32.2 Å². The highest BCUT2D eigenvalue weighted by Crippen LogP contribution is 2.47. The molecule has 2 atom stereocenters. The summed E-state index contributed by atoms with van der Waals surface area (Å²) < 4.78 is 0. The molecule has 0 heterocycles. The quantitative estimate of drug-likeness (QED) is 0.246. The van der Waals surface area contributed by atoms with Gasteiger partial charge in [0.1, 0.15) is 0 Å². The van der Waals surface area contributed by atoms with E-state index in [-0.39, 0.29) is 5.41 Å². The fraction of sp³-hybridized carbons (Fsp3) is 0.562. The van der Waals surface area contributed by atoms with Gasteiger partial charge in [-0.25, -0.2) is 0 Å². The van der Waals surface area contributed by atoms with E-state index in [1.54, 1.807) is 5.57 Å². The van der Waals surface area contributed by atoms with Crippen molar-refractivity contribution in [3.8, 4) is 0 Å². The molecule has 0 fully saturated rings. The largest absolute Gasteiger partial charge is 0.320 e. The molecule has 0 aromatic carbocycles. The molecule has 2 aliphatic carbocycles. The van der Waals surface area contributed by atoms with Crippen molar-refractivity contribution in [2.45, 2.75) is 87.0 Å². The maximum atomic E-state index is 4.59. The lowest BCUT2D eigenvalue weighted by Gasteiger charge is -2.39. The van der Waals surface area contributed by atoms with Crippen molar-refractivity contribution in [1.82, 2.24) is 5.32 Å². The summed E-state index contributed by atoms with van der Waals surface area (Å²) >= 11 is 0. The summed E-state index contributed by atoms with van der Waals surface area (Å²) in [5.74, 6) is 0.983. The van der Waals surface area contributed by atoms with Crippen molar-refractivity contribution in [2.24, 2.45) is 17.3 Å². The van der Waals surface area contributed by atoms with Gasteiger partial charge >= 0.3 is 0 Å². The number of hydrogen-bond acceptors (Lipinski definition) is 1. The first-order valence-electron chi connectivity index (χ1n) is 12.9. The summed E-state index contributed by atoms with van der Waals surface area (Å²) in [7, 11) is 2.03. The zero-order valence-corrected chi connectivity index (χ0v) is 22.8. The molecule has 1 nitrogen and oxygen atoms in total. The van der Waals surface area contributed by atoms with Crippen LogP contribution in [0.4, 0.5) is 0 Å². The number of hydrogen-bond donors (Lipinski definition) is 1. The molecule has 2 rings (SSSR count). The van der Waals surface area contributed by atoms with E-state index >= 15 is 0 Å². The van der Waals surface area contributed by atoms with E-state index in [1.807, 2.05) is 7.05 Å². The number of nitrogens with one attached hydrogen (secondary N) is 1. The summed E-state index contributed by atoms with van der Waals surface area (Å²) in [6.45, 7) is 26.2. The molecule has 0 spiro atoms. The monoisotopic (exact) mass is 447 g/mol. The van der Waals surface area contributed by atoms with Crippen LogP contribution in [0.5, 0.6) is 0 Å². The lowest BCUT2D eigenvalue weighted by atomic mass is 9.65. The molecule has 0 aromatic rings. The minimum absolute atomic E-state index is 0.138. The second-order valence-corrected chi connectivity index (χ2v) is 11.2. The Morgan fingerprint density at radius 3 is 2.39 bits per heavy atom. The highest BCUT2D eigenvalue weighted by atomic mass is 14.8. The molecule has 0 aliphatic heterocycles. The van der Waals surface area contributed by atoms with E-state index in [1.165, 1.54) is 51.9 Å². The van der Waals surface area contributed by atoms with Gasteiger partial charge in [0.2, 0.25) is 0 Å². The SMILES string of the molecule is C=C(CC/C(C(=C)C)=C(\C)CCCCNC)C1=CC([C@@H]2C(C)=CC=CC2(C)C)=C(C)C[C@@H]1C. The molecule has 1 heteroatoms. The molecular formula is C32H49N. The summed E-state index contributed by atoms with van der Waals surface area (Å²) in [4.78, 5) is 0. The predicted molar refractivity (Wildman–Crippen MR) is 148 cm³/mol. The highest BCUT2D eigenvalue weighted by molar-refractivity contribution is 5.49. The van der Waals surface area contributed by atoms with Crippen LogP contribution in [-0.2, 0) is 0 Å². The molecule has 0 aromatic heterocycles. The molecule has 2 aliphatic rings. The van der Waals surface area contributed by atoms with Crippen LogP contribution in [0.25, 0.3) is 0 Å². The molecule has 0 unspecified atom stereocenters. The molecule has 0 amide bonds. The Bertz CT molecular complexity index is 897. The van der Waals surface area contributed by atoms with Crippen molar-refractivity contribution in [3.63, 3.8) is 0 Å². The fourth-order valence-electron chi connectivity index (χ4n) is 5.83. The normalized spacial score (nSPS) is 23.2. The second kappa shape index (κ2) is 12.0. The lowest BCUT2D eigenvalue weighted by molar-refractivity contribution is 0.365. The molecule has 0 saturated carbocycles. The van der Waals surface area contributed by atoms with Gasteiger partial charge in [-0.2, -0.15) is 0 Å². The van der Waals surface area contributed by atoms with E-state index in [4.69, 9.17) is 0 Å². The molecular weight excluding hydrogens is 398 g/mol. The number of allylic oxidation sites excluding steroid dienone is 12. The van der Waals surface area contributed by atoms with Gasteiger partial charge in [-0.3, -0.25) is 0 Å². The minimum atomic E-state index is 0.138. The van der Waals surface area contributed by atoms with Crippen LogP contribution in [0.2, 0.25) is 0 Å². The van der Waals surface area contributed by atoms with Crippen LogP contribution in [0.3, 0.4) is 0 Å². The van der Waals surface area contributed by atoms with Crippen LogP contribution >= 0.6 is 0 Å². The van der Waals surface area contributed by atoms with Crippen molar-refractivity contribution >= 4 is 0 Å².